The first-order valence-electron chi connectivity index (χ1n) is 5.18. The molecule has 0 fully saturated rings. The molecule has 0 bridgehead atoms. The molecule has 0 aliphatic carbocycles. The van der Waals surface area contributed by atoms with Gasteiger partial charge in [0, 0.05) is 10.8 Å². The van der Waals surface area contributed by atoms with E-state index in [9.17, 15) is 0 Å². The molecule has 0 aromatic heterocycles. The summed E-state index contributed by atoms with van der Waals surface area (Å²) in [4.78, 5) is 3.78. The van der Waals surface area contributed by atoms with E-state index in [0.29, 0.717) is 0 Å². The summed E-state index contributed by atoms with van der Waals surface area (Å²) in [7, 11) is 0. The van der Waals surface area contributed by atoms with Gasteiger partial charge in [0.1, 0.15) is 0 Å². The van der Waals surface area contributed by atoms with Gasteiger partial charge in [0.15, 0.2) is 0 Å². The van der Waals surface area contributed by atoms with Crippen LogP contribution in [0.25, 0.3) is 0 Å². The van der Waals surface area contributed by atoms with E-state index >= 15 is 0 Å². The summed E-state index contributed by atoms with van der Waals surface area (Å²) in [5.41, 5.74) is 1.33. The van der Waals surface area contributed by atoms with Crippen LogP contribution in [0.3, 0.4) is 0 Å². The van der Waals surface area contributed by atoms with Crippen molar-refractivity contribution >= 4 is 11.8 Å². The van der Waals surface area contributed by atoms with Crippen LogP contribution < -0.4 is 0 Å². The Morgan fingerprint density at radius 2 is 1.64 bits per heavy atom. The summed E-state index contributed by atoms with van der Waals surface area (Å²) in [6.07, 6.45) is 0. The minimum absolute atomic E-state index is 1.09. The van der Waals surface area contributed by atoms with Crippen LogP contribution in [0.2, 0.25) is 0 Å². The van der Waals surface area contributed by atoms with E-state index in [-0.39, 0.29) is 0 Å². The average molecular weight is 209 g/mol. The predicted molar refractivity (Wildman–Crippen MR) is 64.8 cm³/mol. The molecule has 2 heteroatoms. The van der Waals surface area contributed by atoms with Crippen LogP contribution in [0.4, 0.5) is 0 Å². The molecule has 0 saturated carbocycles. The van der Waals surface area contributed by atoms with Crippen LogP contribution in [0.15, 0.2) is 29.2 Å². The van der Waals surface area contributed by atoms with Crippen LogP contribution in [0, 0.1) is 6.92 Å². The van der Waals surface area contributed by atoms with E-state index in [1.54, 1.807) is 0 Å². The van der Waals surface area contributed by atoms with E-state index in [0.717, 1.165) is 19.0 Å². The number of thioether (sulfide) groups is 1. The van der Waals surface area contributed by atoms with Crippen molar-refractivity contribution in [2.24, 2.45) is 0 Å². The SMILES string of the molecule is CCN(CC)CSc1ccc(C)cc1. The highest BCUT2D eigenvalue weighted by Gasteiger charge is 1.99. The number of hydrogen-bond acceptors (Lipinski definition) is 2. The number of rotatable bonds is 5. The van der Waals surface area contributed by atoms with Crippen molar-refractivity contribution in [1.82, 2.24) is 4.90 Å². The van der Waals surface area contributed by atoms with Gasteiger partial charge >= 0.3 is 0 Å². The summed E-state index contributed by atoms with van der Waals surface area (Å²) in [5, 5.41) is 0. The minimum Gasteiger partial charge on any atom is -0.294 e. The van der Waals surface area contributed by atoms with Crippen LogP contribution in [-0.2, 0) is 0 Å². The average Bonchev–Trinajstić information content (AvgIpc) is 2.22. The summed E-state index contributed by atoms with van der Waals surface area (Å²) < 4.78 is 0. The number of aryl methyl sites for hydroxylation is 1. The number of benzene rings is 1. The summed E-state index contributed by atoms with van der Waals surface area (Å²) in [5.74, 6) is 1.09. The summed E-state index contributed by atoms with van der Waals surface area (Å²) in [6.45, 7) is 8.81. The van der Waals surface area contributed by atoms with Crippen molar-refractivity contribution in [3.63, 3.8) is 0 Å². The Kier molecular flexibility index (Phi) is 5.05. The molecule has 1 rings (SSSR count). The third-order valence-electron chi connectivity index (χ3n) is 2.33. The van der Waals surface area contributed by atoms with Gasteiger partial charge in [-0.15, -0.1) is 11.8 Å². The largest absolute Gasteiger partial charge is 0.294 e. The van der Waals surface area contributed by atoms with Crippen molar-refractivity contribution in [3.8, 4) is 0 Å². The Hall–Kier alpha value is -0.470. The zero-order valence-electron chi connectivity index (χ0n) is 9.29. The van der Waals surface area contributed by atoms with E-state index in [1.165, 1.54) is 10.5 Å². The van der Waals surface area contributed by atoms with Gasteiger partial charge in [-0.05, 0) is 32.1 Å². The third-order valence-corrected chi connectivity index (χ3v) is 3.43. The molecule has 78 valence electrons. The fourth-order valence-electron chi connectivity index (χ4n) is 1.21. The van der Waals surface area contributed by atoms with Gasteiger partial charge in [-0.3, -0.25) is 4.90 Å². The molecule has 0 aliphatic heterocycles. The van der Waals surface area contributed by atoms with Crippen LogP contribution in [-0.4, -0.2) is 23.9 Å². The maximum Gasteiger partial charge on any atom is 0.0491 e. The summed E-state index contributed by atoms with van der Waals surface area (Å²) in [6, 6.07) is 8.74. The molecule has 0 N–H and O–H groups in total. The molecule has 1 aromatic carbocycles. The normalized spacial score (nSPS) is 10.9. The first kappa shape index (κ1) is 11.6. The fourth-order valence-corrected chi connectivity index (χ4v) is 2.23. The molecular formula is C12H19NS. The third kappa shape index (κ3) is 3.72. The van der Waals surface area contributed by atoms with Crippen LogP contribution in [0.1, 0.15) is 19.4 Å². The molecule has 0 aliphatic rings. The molecule has 0 unspecified atom stereocenters. The highest BCUT2D eigenvalue weighted by Crippen LogP contribution is 2.18. The Morgan fingerprint density at radius 3 is 2.14 bits per heavy atom. The fraction of sp³-hybridized carbons (Fsp3) is 0.500. The highest BCUT2D eigenvalue weighted by atomic mass is 32.2. The van der Waals surface area contributed by atoms with Crippen molar-refractivity contribution in [2.75, 3.05) is 19.0 Å². The lowest BCUT2D eigenvalue weighted by atomic mass is 10.2. The Bertz CT molecular complexity index is 252. The van der Waals surface area contributed by atoms with Crippen molar-refractivity contribution in [3.05, 3.63) is 29.8 Å². The van der Waals surface area contributed by atoms with Gasteiger partial charge < -0.3 is 0 Å². The molecule has 1 aromatic rings. The lowest BCUT2D eigenvalue weighted by Crippen LogP contribution is -2.21. The van der Waals surface area contributed by atoms with Crippen molar-refractivity contribution in [1.29, 1.82) is 0 Å². The quantitative estimate of drug-likeness (QED) is 0.540. The molecule has 0 radical (unpaired) electrons. The van der Waals surface area contributed by atoms with E-state index in [2.05, 4.69) is 49.9 Å². The number of hydrogen-bond donors (Lipinski definition) is 0. The van der Waals surface area contributed by atoms with Crippen LogP contribution >= 0.6 is 11.8 Å². The van der Waals surface area contributed by atoms with Gasteiger partial charge in [0.25, 0.3) is 0 Å². The van der Waals surface area contributed by atoms with Crippen molar-refractivity contribution < 1.29 is 0 Å². The van der Waals surface area contributed by atoms with E-state index in [1.807, 2.05) is 11.8 Å². The second-order valence-corrected chi connectivity index (χ2v) is 4.41. The first-order chi connectivity index (χ1) is 6.76. The monoisotopic (exact) mass is 209 g/mol. The maximum absolute atomic E-state index is 2.42. The lowest BCUT2D eigenvalue weighted by Gasteiger charge is -2.17. The van der Waals surface area contributed by atoms with Crippen molar-refractivity contribution in [2.45, 2.75) is 25.7 Å². The molecule has 0 amide bonds. The second-order valence-electron chi connectivity index (χ2n) is 3.39. The topological polar surface area (TPSA) is 3.24 Å². The Balaban J connectivity index is 2.41. The van der Waals surface area contributed by atoms with Gasteiger partial charge in [0.2, 0.25) is 0 Å². The lowest BCUT2D eigenvalue weighted by molar-refractivity contribution is 0.358. The maximum atomic E-state index is 2.42. The zero-order chi connectivity index (χ0) is 10.4. The molecule has 0 spiro atoms. The van der Waals surface area contributed by atoms with Gasteiger partial charge in [-0.25, -0.2) is 0 Å². The molecular weight excluding hydrogens is 190 g/mol. The van der Waals surface area contributed by atoms with E-state index in [4.69, 9.17) is 0 Å². The van der Waals surface area contributed by atoms with Gasteiger partial charge in [-0.2, -0.15) is 0 Å². The van der Waals surface area contributed by atoms with Gasteiger partial charge in [-0.1, -0.05) is 31.5 Å². The molecule has 1 nitrogen and oxygen atoms in total. The molecule has 14 heavy (non-hydrogen) atoms. The molecule has 0 saturated heterocycles. The summed E-state index contributed by atoms with van der Waals surface area (Å²) >= 11 is 1.91. The predicted octanol–water partition coefficient (Wildman–Crippen LogP) is 3.39. The first-order valence-corrected chi connectivity index (χ1v) is 6.16. The number of nitrogens with zero attached hydrogens (tertiary/aromatic N) is 1. The molecule has 0 heterocycles. The zero-order valence-corrected chi connectivity index (χ0v) is 10.1. The highest BCUT2D eigenvalue weighted by molar-refractivity contribution is 7.99. The van der Waals surface area contributed by atoms with E-state index < -0.39 is 0 Å². The van der Waals surface area contributed by atoms with Gasteiger partial charge in [0.05, 0.1) is 0 Å². The smallest absolute Gasteiger partial charge is 0.0491 e. The Labute approximate surface area is 91.5 Å². The molecule has 0 atom stereocenters. The standard InChI is InChI=1S/C12H19NS/c1-4-13(5-2)10-14-12-8-6-11(3)7-9-12/h6-9H,4-5,10H2,1-3H3. The Morgan fingerprint density at radius 1 is 1.07 bits per heavy atom. The van der Waals surface area contributed by atoms with Crippen LogP contribution in [0.5, 0.6) is 0 Å². The minimum atomic E-state index is 1.09. The second kappa shape index (κ2) is 6.10.